The molecule has 0 bridgehead atoms. The molecule has 2 aromatic carbocycles. The van der Waals surface area contributed by atoms with Crippen LogP contribution in [0.2, 0.25) is 0 Å². The fourth-order valence-corrected chi connectivity index (χ4v) is 5.74. The van der Waals surface area contributed by atoms with Crippen molar-refractivity contribution in [2.75, 3.05) is 11.4 Å². The molecular formula is C33H36F3N5. The molecule has 5 aromatic rings. The molecule has 5 nitrogen and oxygen atoms in total. The molecule has 0 unspecified atom stereocenters. The minimum Gasteiger partial charge on any atom is -0.361 e. The van der Waals surface area contributed by atoms with Crippen molar-refractivity contribution in [2.45, 2.75) is 66.6 Å². The van der Waals surface area contributed by atoms with Gasteiger partial charge in [-0.25, -0.2) is 9.67 Å². The summed E-state index contributed by atoms with van der Waals surface area (Å²) in [4.78, 5) is 9.62. The lowest BCUT2D eigenvalue weighted by atomic mass is 9.96. The van der Waals surface area contributed by atoms with Gasteiger partial charge in [0.1, 0.15) is 5.82 Å². The highest BCUT2D eigenvalue weighted by molar-refractivity contribution is 5.97. The van der Waals surface area contributed by atoms with Crippen LogP contribution in [0.25, 0.3) is 27.8 Å². The second kappa shape index (κ2) is 11.4. The first-order valence-corrected chi connectivity index (χ1v) is 14.4. The van der Waals surface area contributed by atoms with Crippen LogP contribution in [0.3, 0.4) is 0 Å². The van der Waals surface area contributed by atoms with Crippen molar-refractivity contribution in [3.05, 3.63) is 94.4 Å². The summed E-state index contributed by atoms with van der Waals surface area (Å²) in [5, 5.41) is 6.33. The maximum absolute atomic E-state index is 13.1. The zero-order chi connectivity index (χ0) is 29.3. The summed E-state index contributed by atoms with van der Waals surface area (Å²) >= 11 is 0. The topological polar surface area (TPSA) is 49.7 Å². The highest BCUT2D eigenvalue weighted by Crippen LogP contribution is 2.39. The lowest BCUT2D eigenvalue weighted by molar-refractivity contribution is -0.137. The molecule has 0 aliphatic carbocycles. The molecule has 0 radical (unpaired) electrons. The number of rotatable bonds is 5. The molecule has 1 aliphatic heterocycles. The molecule has 0 amide bonds. The fraction of sp³-hybridized carbons (Fsp3) is 0.333. The van der Waals surface area contributed by atoms with Gasteiger partial charge in [0.05, 0.1) is 22.6 Å². The number of aromatic amines is 1. The minimum absolute atomic E-state index is 0.512. The monoisotopic (exact) mass is 559 g/mol. The first-order chi connectivity index (χ1) is 19.8. The van der Waals surface area contributed by atoms with Gasteiger partial charge >= 0.3 is 6.18 Å². The van der Waals surface area contributed by atoms with Crippen molar-refractivity contribution in [3.8, 4) is 16.9 Å². The first kappa shape index (κ1) is 28.5. The van der Waals surface area contributed by atoms with Crippen LogP contribution in [0.5, 0.6) is 0 Å². The van der Waals surface area contributed by atoms with Gasteiger partial charge in [-0.3, -0.25) is 0 Å². The number of anilines is 1. The van der Waals surface area contributed by atoms with E-state index in [0.29, 0.717) is 25.3 Å². The van der Waals surface area contributed by atoms with E-state index in [4.69, 9.17) is 5.10 Å². The Kier molecular flexibility index (Phi) is 7.93. The van der Waals surface area contributed by atoms with Crippen LogP contribution in [0.15, 0.2) is 60.9 Å². The summed E-state index contributed by atoms with van der Waals surface area (Å²) in [6.45, 7) is 11.6. The van der Waals surface area contributed by atoms with Crippen molar-refractivity contribution in [1.29, 1.82) is 0 Å². The zero-order valence-electron chi connectivity index (χ0n) is 24.2. The Labute approximate surface area is 239 Å². The lowest BCUT2D eigenvalue weighted by Crippen LogP contribution is -2.31. The van der Waals surface area contributed by atoms with Crippen molar-refractivity contribution in [3.63, 3.8) is 0 Å². The average molecular weight is 560 g/mol. The number of aromatic nitrogens is 4. The van der Waals surface area contributed by atoms with Crippen molar-refractivity contribution in [1.82, 2.24) is 19.7 Å². The number of benzene rings is 2. The van der Waals surface area contributed by atoms with Crippen LogP contribution in [-0.4, -0.2) is 26.3 Å². The fourth-order valence-electron chi connectivity index (χ4n) is 5.74. The highest BCUT2D eigenvalue weighted by atomic mass is 19.4. The number of halogens is 3. The minimum atomic E-state index is -4.41. The molecule has 4 heterocycles. The molecule has 0 saturated heterocycles. The van der Waals surface area contributed by atoms with Gasteiger partial charge in [-0.2, -0.15) is 18.3 Å². The molecule has 0 saturated carbocycles. The number of fused-ring (bicyclic) bond motifs is 2. The Morgan fingerprint density at radius 3 is 2.32 bits per heavy atom. The van der Waals surface area contributed by atoms with E-state index in [9.17, 15) is 13.2 Å². The van der Waals surface area contributed by atoms with E-state index < -0.39 is 11.7 Å². The Balaban J connectivity index is 0.00000165. The van der Waals surface area contributed by atoms with Crippen LogP contribution >= 0.6 is 0 Å². The van der Waals surface area contributed by atoms with E-state index >= 15 is 0 Å². The van der Waals surface area contributed by atoms with Gasteiger partial charge in [-0.05, 0) is 54.7 Å². The molecule has 214 valence electrons. The van der Waals surface area contributed by atoms with E-state index in [1.807, 2.05) is 24.9 Å². The number of para-hydroxylation sites is 1. The normalized spacial score (nSPS) is 13.2. The van der Waals surface area contributed by atoms with Crippen molar-refractivity contribution < 1.29 is 13.2 Å². The van der Waals surface area contributed by atoms with Crippen LogP contribution in [0.1, 0.15) is 61.2 Å². The van der Waals surface area contributed by atoms with Gasteiger partial charge in [0.2, 0.25) is 0 Å². The standard InChI is InChI=1S/C31H30F3N5.C2H6/c1-4-20-7-6-8-21(5-2)29(20)39-30(24-11-9-19(3)28-23(24)13-15-35-28)25-18-38(16-14-26(25)37-39)27-12-10-22(17-36-27)31(32,33)34;1-2/h6-13,15,17,35H,4-5,14,16,18H2,1-3H3;1-2H3. The Hall–Kier alpha value is -4.07. The van der Waals surface area contributed by atoms with Crippen LogP contribution in [0.4, 0.5) is 19.0 Å². The Morgan fingerprint density at radius 1 is 0.951 bits per heavy atom. The van der Waals surface area contributed by atoms with Crippen LogP contribution in [0, 0.1) is 6.92 Å². The largest absolute Gasteiger partial charge is 0.417 e. The molecule has 41 heavy (non-hydrogen) atoms. The summed E-state index contributed by atoms with van der Waals surface area (Å²) in [5.74, 6) is 0.534. The number of hydrogen-bond acceptors (Lipinski definition) is 3. The number of H-pyrrole nitrogens is 1. The molecule has 1 aliphatic rings. The molecule has 0 spiro atoms. The Morgan fingerprint density at radius 2 is 1.68 bits per heavy atom. The molecule has 1 N–H and O–H groups in total. The lowest BCUT2D eigenvalue weighted by Gasteiger charge is -2.28. The summed E-state index contributed by atoms with van der Waals surface area (Å²) in [6.07, 6.45) is 0.903. The third-order valence-corrected chi connectivity index (χ3v) is 7.80. The van der Waals surface area contributed by atoms with E-state index in [-0.39, 0.29) is 0 Å². The second-order valence-corrected chi connectivity index (χ2v) is 10.1. The number of pyridine rings is 1. The maximum atomic E-state index is 13.1. The predicted octanol–water partition coefficient (Wildman–Crippen LogP) is 8.46. The number of hydrogen-bond donors (Lipinski definition) is 1. The maximum Gasteiger partial charge on any atom is 0.417 e. The Bertz CT molecular complexity index is 1640. The third kappa shape index (κ3) is 5.11. The third-order valence-electron chi connectivity index (χ3n) is 7.80. The van der Waals surface area contributed by atoms with E-state index in [2.05, 4.69) is 71.8 Å². The SMILES string of the molecule is CC.CCc1cccc(CC)c1-n1nc2c(c1-c1ccc(C)c3[nH]ccc13)CN(c1ccc(C(F)(F)F)cn1)CC2. The van der Waals surface area contributed by atoms with Crippen LogP contribution < -0.4 is 4.90 Å². The number of nitrogens with one attached hydrogen (secondary N) is 1. The summed E-state index contributed by atoms with van der Waals surface area (Å²) in [5.41, 5.74) is 9.31. The highest BCUT2D eigenvalue weighted by Gasteiger charge is 2.32. The van der Waals surface area contributed by atoms with Gasteiger partial charge in [0.25, 0.3) is 0 Å². The van der Waals surface area contributed by atoms with Crippen molar-refractivity contribution in [2.24, 2.45) is 0 Å². The van der Waals surface area contributed by atoms with E-state index in [1.54, 1.807) is 0 Å². The van der Waals surface area contributed by atoms with Gasteiger partial charge in [0, 0.05) is 53.9 Å². The van der Waals surface area contributed by atoms with Gasteiger partial charge in [0.15, 0.2) is 0 Å². The first-order valence-electron chi connectivity index (χ1n) is 14.4. The average Bonchev–Trinajstić information content (AvgIpc) is 3.63. The number of alkyl halides is 3. The molecule has 3 aromatic heterocycles. The van der Waals surface area contributed by atoms with Crippen LogP contribution in [-0.2, 0) is 32.0 Å². The second-order valence-electron chi connectivity index (χ2n) is 10.1. The molecule has 0 fully saturated rings. The molecule has 8 heteroatoms. The predicted molar refractivity (Wildman–Crippen MR) is 160 cm³/mol. The number of aryl methyl sites for hydroxylation is 3. The quantitative estimate of drug-likeness (QED) is 0.235. The van der Waals surface area contributed by atoms with Crippen molar-refractivity contribution >= 4 is 16.7 Å². The van der Waals surface area contributed by atoms with Gasteiger partial charge in [-0.1, -0.05) is 58.0 Å². The summed E-state index contributed by atoms with van der Waals surface area (Å²) in [6, 6.07) is 15.4. The van der Waals surface area contributed by atoms with Gasteiger partial charge in [-0.15, -0.1) is 0 Å². The molecular weight excluding hydrogens is 523 g/mol. The van der Waals surface area contributed by atoms with E-state index in [1.165, 1.54) is 17.2 Å². The molecule has 6 rings (SSSR count). The van der Waals surface area contributed by atoms with Gasteiger partial charge < -0.3 is 9.88 Å². The summed E-state index contributed by atoms with van der Waals surface area (Å²) < 4.78 is 41.6. The van der Waals surface area contributed by atoms with E-state index in [0.717, 1.165) is 69.8 Å². The number of nitrogens with zero attached hydrogens (tertiary/aromatic N) is 4. The zero-order valence-corrected chi connectivity index (χ0v) is 24.2. The summed E-state index contributed by atoms with van der Waals surface area (Å²) in [7, 11) is 0. The molecule has 0 atom stereocenters. The smallest absolute Gasteiger partial charge is 0.361 e.